The van der Waals surface area contributed by atoms with E-state index in [0.29, 0.717) is 45.3 Å². The van der Waals surface area contributed by atoms with Crippen LogP contribution in [0.15, 0.2) is 71.9 Å². The molecule has 34 heavy (non-hydrogen) atoms. The van der Waals surface area contributed by atoms with Gasteiger partial charge in [-0.15, -0.1) is 0 Å². The summed E-state index contributed by atoms with van der Waals surface area (Å²) in [4.78, 5) is 33.3. The standard InChI is InChI=1S/C26H22N2O6/c1-31-17-8-6-7-16(13-17)24(29)22-23(15-11-12-20(32-2)21(14-15)33-3)28-34-26(22)18-9-4-5-10-19(18)27-25(26)30/h4-14,22H,1-3H3,(H,27,30)/t22-,26-/m0/s1. The van der Waals surface area contributed by atoms with Gasteiger partial charge in [0.15, 0.2) is 17.3 Å². The van der Waals surface area contributed by atoms with Crippen LogP contribution in [0.2, 0.25) is 0 Å². The number of carbonyl (C=O) groups is 2. The van der Waals surface area contributed by atoms with Gasteiger partial charge in [-0.2, -0.15) is 0 Å². The van der Waals surface area contributed by atoms with E-state index in [-0.39, 0.29) is 5.78 Å². The average molecular weight is 458 g/mol. The number of ether oxygens (including phenoxy) is 3. The number of nitrogens with one attached hydrogen (secondary N) is 1. The van der Waals surface area contributed by atoms with Crippen LogP contribution in [0.1, 0.15) is 21.5 Å². The molecule has 3 aromatic rings. The predicted molar refractivity (Wildman–Crippen MR) is 125 cm³/mol. The number of anilines is 1. The molecule has 0 aromatic heterocycles. The van der Waals surface area contributed by atoms with Gasteiger partial charge in [0.25, 0.3) is 11.5 Å². The van der Waals surface area contributed by atoms with Crippen molar-refractivity contribution >= 4 is 23.1 Å². The molecule has 8 heteroatoms. The molecule has 8 nitrogen and oxygen atoms in total. The van der Waals surface area contributed by atoms with Crippen LogP contribution in [0, 0.1) is 5.92 Å². The lowest BCUT2D eigenvalue weighted by Gasteiger charge is -2.27. The van der Waals surface area contributed by atoms with Crippen molar-refractivity contribution in [2.45, 2.75) is 5.60 Å². The summed E-state index contributed by atoms with van der Waals surface area (Å²) in [5.74, 6) is -0.306. The van der Waals surface area contributed by atoms with Crippen LogP contribution in [0.5, 0.6) is 17.2 Å². The van der Waals surface area contributed by atoms with Gasteiger partial charge in [0.05, 0.1) is 21.3 Å². The van der Waals surface area contributed by atoms with E-state index in [1.165, 1.54) is 21.3 Å². The van der Waals surface area contributed by atoms with Crippen molar-refractivity contribution in [1.82, 2.24) is 0 Å². The fraction of sp³-hybridized carbons (Fsp3) is 0.192. The Morgan fingerprint density at radius 1 is 0.941 bits per heavy atom. The molecule has 0 saturated carbocycles. The highest BCUT2D eigenvalue weighted by molar-refractivity contribution is 6.25. The molecule has 0 saturated heterocycles. The summed E-state index contributed by atoms with van der Waals surface area (Å²) in [5.41, 5.74) is 0.771. The number of ketones is 1. The number of hydrogen-bond acceptors (Lipinski definition) is 7. The highest BCUT2D eigenvalue weighted by Gasteiger charge is 2.63. The minimum absolute atomic E-state index is 0.320. The van der Waals surface area contributed by atoms with Crippen molar-refractivity contribution in [2.75, 3.05) is 26.6 Å². The monoisotopic (exact) mass is 458 g/mol. The number of rotatable bonds is 6. The topological polar surface area (TPSA) is 95.5 Å². The van der Waals surface area contributed by atoms with E-state index < -0.39 is 17.4 Å². The van der Waals surface area contributed by atoms with Crippen LogP contribution in [0.3, 0.4) is 0 Å². The molecule has 2 aliphatic heterocycles. The molecule has 172 valence electrons. The van der Waals surface area contributed by atoms with E-state index in [4.69, 9.17) is 19.0 Å². The molecule has 0 unspecified atom stereocenters. The molecular formula is C26H22N2O6. The number of nitrogens with zero attached hydrogens (tertiary/aromatic N) is 1. The molecule has 0 radical (unpaired) electrons. The third kappa shape index (κ3) is 3.10. The van der Waals surface area contributed by atoms with E-state index in [1.54, 1.807) is 60.7 Å². The zero-order valence-electron chi connectivity index (χ0n) is 18.8. The maximum Gasteiger partial charge on any atom is 0.277 e. The largest absolute Gasteiger partial charge is 0.497 e. The summed E-state index contributed by atoms with van der Waals surface area (Å²) < 4.78 is 16.1. The molecule has 2 heterocycles. The third-order valence-corrected chi connectivity index (χ3v) is 6.18. The molecule has 1 amide bonds. The number of benzene rings is 3. The maximum absolute atomic E-state index is 14.0. The Balaban J connectivity index is 1.69. The van der Waals surface area contributed by atoms with Gasteiger partial charge in [-0.05, 0) is 36.4 Å². The lowest BCUT2D eigenvalue weighted by atomic mass is 9.74. The second kappa shape index (κ2) is 8.22. The normalized spacial score (nSPS) is 20.3. The van der Waals surface area contributed by atoms with E-state index >= 15 is 0 Å². The van der Waals surface area contributed by atoms with Crippen LogP contribution >= 0.6 is 0 Å². The summed E-state index contributed by atoms with van der Waals surface area (Å²) in [6.45, 7) is 0. The number of fused-ring (bicyclic) bond motifs is 2. The number of para-hydroxylation sites is 1. The average Bonchev–Trinajstić information content (AvgIpc) is 3.42. The summed E-state index contributed by atoms with van der Waals surface area (Å²) >= 11 is 0. The minimum Gasteiger partial charge on any atom is -0.497 e. The van der Waals surface area contributed by atoms with Gasteiger partial charge in [0.1, 0.15) is 17.4 Å². The molecule has 2 aliphatic rings. The SMILES string of the molecule is COc1cccc(C(=O)[C@@H]2C(c3ccc(OC)c(OC)c3)=NO[C@]23C(=O)Nc2ccccc23)c1. The van der Waals surface area contributed by atoms with Gasteiger partial charge < -0.3 is 24.4 Å². The fourth-order valence-electron chi connectivity index (χ4n) is 4.52. The molecule has 2 atom stereocenters. The first kappa shape index (κ1) is 21.5. The summed E-state index contributed by atoms with van der Waals surface area (Å²) in [6, 6.07) is 19.1. The van der Waals surface area contributed by atoms with E-state index in [0.717, 1.165) is 0 Å². The Hall–Kier alpha value is -4.33. The van der Waals surface area contributed by atoms with Crippen molar-refractivity contribution < 1.29 is 28.6 Å². The molecule has 0 bridgehead atoms. The second-order valence-corrected chi connectivity index (χ2v) is 7.90. The number of methoxy groups -OCH3 is 3. The van der Waals surface area contributed by atoms with Gasteiger partial charge in [-0.3, -0.25) is 9.59 Å². The number of hydrogen-bond donors (Lipinski definition) is 1. The first-order chi connectivity index (χ1) is 16.5. The van der Waals surface area contributed by atoms with Crippen molar-refractivity contribution in [3.63, 3.8) is 0 Å². The van der Waals surface area contributed by atoms with Crippen molar-refractivity contribution in [1.29, 1.82) is 0 Å². The van der Waals surface area contributed by atoms with Gasteiger partial charge in [-0.1, -0.05) is 35.5 Å². The lowest BCUT2D eigenvalue weighted by Crippen LogP contribution is -2.46. The van der Waals surface area contributed by atoms with E-state index in [9.17, 15) is 9.59 Å². The zero-order chi connectivity index (χ0) is 23.9. The van der Waals surface area contributed by atoms with Crippen LogP contribution in [-0.2, 0) is 15.2 Å². The quantitative estimate of drug-likeness (QED) is 0.565. The van der Waals surface area contributed by atoms with E-state index in [2.05, 4.69) is 10.5 Å². The maximum atomic E-state index is 14.0. The first-order valence-electron chi connectivity index (χ1n) is 10.6. The van der Waals surface area contributed by atoms with Crippen LogP contribution in [-0.4, -0.2) is 38.7 Å². The Morgan fingerprint density at radius 2 is 1.74 bits per heavy atom. The summed E-state index contributed by atoms with van der Waals surface area (Å²) in [6.07, 6.45) is 0. The summed E-state index contributed by atoms with van der Waals surface area (Å²) in [7, 11) is 4.59. The van der Waals surface area contributed by atoms with Crippen molar-refractivity contribution in [3.05, 3.63) is 83.4 Å². The number of carbonyl (C=O) groups excluding carboxylic acids is 2. The van der Waals surface area contributed by atoms with Crippen LogP contribution in [0.25, 0.3) is 0 Å². The Bertz CT molecular complexity index is 1330. The summed E-state index contributed by atoms with van der Waals surface area (Å²) in [5, 5.41) is 7.14. The number of oxime groups is 1. The van der Waals surface area contributed by atoms with Crippen molar-refractivity contribution in [3.8, 4) is 17.2 Å². The van der Waals surface area contributed by atoms with Gasteiger partial charge in [0.2, 0.25) is 0 Å². The number of amides is 1. The Morgan fingerprint density at radius 3 is 2.50 bits per heavy atom. The second-order valence-electron chi connectivity index (χ2n) is 7.90. The highest BCUT2D eigenvalue weighted by atomic mass is 16.7. The van der Waals surface area contributed by atoms with Crippen LogP contribution < -0.4 is 19.5 Å². The molecule has 3 aromatic carbocycles. The minimum atomic E-state index is -1.64. The molecule has 0 fully saturated rings. The molecule has 1 N–H and O–H groups in total. The predicted octanol–water partition coefficient (Wildman–Crippen LogP) is 3.79. The molecular weight excluding hydrogens is 436 g/mol. The Labute approximate surface area is 196 Å². The fourth-order valence-corrected chi connectivity index (χ4v) is 4.52. The third-order valence-electron chi connectivity index (χ3n) is 6.18. The molecule has 1 spiro atoms. The van der Waals surface area contributed by atoms with Gasteiger partial charge in [0, 0.05) is 22.4 Å². The zero-order valence-corrected chi connectivity index (χ0v) is 18.8. The lowest BCUT2D eigenvalue weighted by molar-refractivity contribution is -0.140. The van der Waals surface area contributed by atoms with Crippen LogP contribution in [0.4, 0.5) is 5.69 Å². The highest BCUT2D eigenvalue weighted by Crippen LogP contribution is 2.50. The Kier molecular flexibility index (Phi) is 5.20. The van der Waals surface area contributed by atoms with Crippen molar-refractivity contribution in [2.24, 2.45) is 11.1 Å². The van der Waals surface area contributed by atoms with Gasteiger partial charge >= 0.3 is 0 Å². The smallest absolute Gasteiger partial charge is 0.277 e. The molecule has 0 aliphatic carbocycles. The number of Topliss-reactive ketones (excluding diaryl/α,β-unsaturated/α-hetero) is 1. The first-order valence-corrected chi connectivity index (χ1v) is 10.6. The molecule has 5 rings (SSSR count). The van der Waals surface area contributed by atoms with E-state index in [1.807, 2.05) is 6.07 Å². The van der Waals surface area contributed by atoms with Gasteiger partial charge in [-0.25, -0.2) is 0 Å².